The lowest BCUT2D eigenvalue weighted by Crippen LogP contribution is -2.17. The van der Waals surface area contributed by atoms with E-state index in [2.05, 4.69) is 6.92 Å². The fourth-order valence-corrected chi connectivity index (χ4v) is 2.08. The Kier molecular flexibility index (Phi) is 8.06. The van der Waals surface area contributed by atoms with Gasteiger partial charge in [-0.15, -0.1) is 0 Å². The fraction of sp³-hybridized carbons (Fsp3) is 0.929. The molecule has 0 saturated carbocycles. The lowest BCUT2D eigenvalue weighted by molar-refractivity contribution is -0.147. The van der Waals surface area contributed by atoms with Gasteiger partial charge in [-0.05, 0) is 19.3 Å². The van der Waals surface area contributed by atoms with Crippen LogP contribution in [0.1, 0.15) is 64.7 Å². The summed E-state index contributed by atoms with van der Waals surface area (Å²) in [5, 5.41) is 0. The van der Waals surface area contributed by atoms with Crippen LogP contribution in [-0.2, 0) is 14.3 Å². The predicted octanol–water partition coefficient (Wildman–Crippen LogP) is 3.46. The van der Waals surface area contributed by atoms with Gasteiger partial charge in [0.05, 0.1) is 6.10 Å². The molecule has 17 heavy (non-hydrogen) atoms. The molecule has 1 atom stereocenters. The minimum absolute atomic E-state index is 0.0593. The Morgan fingerprint density at radius 3 is 2.71 bits per heavy atom. The fourth-order valence-electron chi connectivity index (χ4n) is 2.08. The summed E-state index contributed by atoms with van der Waals surface area (Å²) in [6.45, 7) is 3.48. The number of hydrogen-bond acceptors (Lipinski definition) is 3. The molecule has 0 aromatic rings. The van der Waals surface area contributed by atoms with Crippen molar-refractivity contribution < 1.29 is 14.3 Å². The highest BCUT2D eigenvalue weighted by Gasteiger charge is 2.17. The zero-order chi connectivity index (χ0) is 12.3. The summed E-state index contributed by atoms with van der Waals surface area (Å²) in [6.07, 6.45) is 10.1. The summed E-state index contributed by atoms with van der Waals surface area (Å²) in [6, 6.07) is 0. The number of carbonyl (C=O) groups excluding carboxylic acids is 1. The monoisotopic (exact) mass is 242 g/mol. The van der Waals surface area contributed by atoms with Crippen molar-refractivity contribution in [3.63, 3.8) is 0 Å². The van der Waals surface area contributed by atoms with Crippen LogP contribution in [0.25, 0.3) is 0 Å². The molecule has 0 amide bonds. The van der Waals surface area contributed by atoms with Gasteiger partial charge in [-0.25, -0.2) is 0 Å². The van der Waals surface area contributed by atoms with Crippen LogP contribution in [0.15, 0.2) is 0 Å². The molecule has 0 aromatic carbocycles. The molecule has 100 valence electrons. The number of carbonyl (C=O) groups is 1. The minimum atomic E-state index is -0.0593. The first-order valence-electron chi connectivity index (χ1n) is 7.10. The maximum Gasteiger partial charge on any atom is 0.305 e. The van der Waals surface area contributed by atoms with E-state index in [0.29, 0.717) is 13.0 Å². The molecular weight excluding hydrogens is 216 g/mol. The number of unbranched alkanes of at least 4 members (excludes halogenated alkanes) is 5. The first-order valence-corrected chi connectivity index (χ1v) is 7.10. The van der Waals surface area contributed by atoms with E-state index in [1.54, 1.807) is 0 Å². The van der Waals surface area contributed by atoms with Crippen molar-refractivity contribution in [2.75, 3.05) is 13.2 Å². The quantitative estimate of drug-likeness (QED) is 0.459. The third-order valence-electron chi connectivity index (χ3n) is 3.19. The molecule has 0 bridgehead atoms. The highest BCUT2D eigenvalue weighted by Crippen LogP contribution is 2.13. The average Bonchev–Trinajstić information content (AvgIpc) is 2.84. The van der Waals surface area contributed by atoms with E-state index in [-0.39, 0.29) is 12.1 Å². The molecule has 0 aromatic heterocycles. The van der Waals surface area contributed by atoms with Gasteiger partial charge in [0.2, 0.25) is 0 Å². The zero-order valence-corrected chi connectivity index (χ0v) is 11.1. The van der Waals surface area contributed by atoms with Crippen molar-refractivity contribution in [2.45, 2.75) is 70.8 Å². The summed E-state index contributed by atoms with van der Waals surface area (Å²) in [7, 11) is 0. The Hall–Kier alpha value is -0.570. The Morgan fingerprint density at radius 2 is 2.00 bits per heavy atom. The van der Waals surface area contributed by atoms with Crippen LogP contribution in [0.2, 0.25) is 0 Å². The highest BCUT2D eigenvalue weighted by atomic mass is 16.6. The maximum atomic E-state index is 11.4. The first kappa shape index (κ1) is 14.5. The standard InChI is InChI=1S/C14H26O3/c1-2-3-4-5-6-7-10-14(15)17-12-13-9-8-11-16-13/h13H,2-12H2,1H3/t13-/m0/s1. The molecule has 0 aliphatic carbocycles. The Bertz CT molecular complexity index is 198. The molecule has 0 unspecified atom stereocenters. The van der Waals surface area contributed by atoms with Crippen molar-refractivity contribution in [2.24, 2.45) is 0 Å². The molecule has 1 heterocycles. The number of esters is 1. The largest absolute Gasteiger partial charge is 0.463 e. The van der Waals surface area contributed by atoms with Crippen molar-refractivity contribution in [3.05, 3.63) is 0 Å². The Labute approximate surface area is 105 Å². The third kappa shape index (κ3) is 7.37. The Morgan fingerprint density at radius 1 is 1.24 bits per heavy atom. The summed E-state index contributed by atoms with van der Waals surface area (Å²) in [5.41, 5.74) is 0. The zero-order valence-electron chi connectivity index (χ0n) is 11.1. The minimum Gasteiger partial charge on any atom is -0.463 e. The third-order valence-corrected chi connectivity index (χ3v) is 3.19. The topological polar surface area (TPSA) is 35.5 Å². The number of ether oxygens (including phenoxy) is 2. The van der Waals surface area contributed by atoms with Gasteiger partial charge in [0.15, 0.2) is 0 Å². The van der Waals surface area contributed by atoms with Gasteiger partial charge >= 0.3 is 5.97 Å². The van der Waals surface area contributed by atoms with Crippen LogP contribution in [-0.4, -0.2) is 25.3 Å². The molecule has 1 aliphatic heterocycles. The molecule has 1 rings (SSSR count). The SMILES string of the molecule is CCCCCCCCC(=O)OC[C@@H]1CCCO1. The van der Waals surface area contributed by atoms with Crippen LogP contribution < -0.4 is 0 Å². The van der Waals surface area contributed by atoms with Gasteiger partial charge in [-0.3, -0.25) is 4.79 Å². The van der Waals surface area contributed by atoms with Gasteiger partial charge in [0.25, 0.3) is 0 Å². The predicted molar refractivity (Wildman–Crippen MR) is 67.9 cm³/mol. The van der Waals surface area contributed by atoms with Gasteiger partial charge in [0.1, 0.15) is 6.61 Å². The molecule has 3 heteroatoms. The Balaban J connectivity index is 1.87. The number of hydrogen-bond donors (Lipinski definition) is 0. The molecule has 0 radical (unpaired) electrons. The molecule has 1 saturated heterocycles. The maximum absolute atomic E-state index is 11.4. The molecule has 0 N–H and O–H groups in total. The summed E-state index contributed by atoms with van der Waals surface area (Å²) in [4.78, 5) is 11.4. The second-order valence-corrected chi connectivity index (χ2v) is 4.84. The smallest absolute Gasteiger partial charge is 0.305 e. The number of rotatable bonds is 9. The molecule has 1 fully saturated rings. The van der Waals surface area contributed by atoms with Crippen molar-refractivity contribution in [1.82, 2.24) is 0 Å². The lowest BCUT2D eigenvalue weighted by atomic mass is 10.1. The highest BCUT2D eigenvalue weighted by molar-refractivity contribution is 5.69. The molecule has 3 nitrogen and oxygen atoms in total. The van der Waals surface area contributed by atoms with Crippen molar-refractivity contribution in [1.29, 1.82) is 0 Å². The van der Waals surface area contributed by atoms with Crippen molar-refractivity contribution >= 4 is 5.97 Å². The van der Waals surface area contributed by atoms with E-state index in [9.17, 15) is 4.79 Å². The van der Waals surface area contributed by atoms with Gasteiger partial charge in [-0.1, -0.05) is 39.0 Å². The van der Waals surface area contributed by atoms with E-state index < -0.39 is 0 Å². The summed E-state index contributed by atoms with van der Waals surface area (Å²) in [5.74, 6) is -0.0593. The van der Waals surface area contributed by atoms with E-state index in [1.165, 1.54) is 25.7 Å². The van der Waals surface area contributed by atoms with Gasteiger partial charge < -0.3 is 9.47 Å². The van der Waals surface area contributed by atoms with E-state index in [1.807, 2.05) is 0 Å². The van der Waals surface area contributed by atoms with Crippen molar-refractivity contribution in [3.8, 4) is 0 Å². The van der Waals surface area contributed by atoms with Crippen LogP contribution in [0.3, 0.4) is 0 Å². The second-order valence-electron chi connectivity index (χ2n) is 4.84. The van der Waals surface area contributed by atoms with Gasteiger partial charge in [0, 0.05) is 13.0 Å². The van der Waals surface area contributed by atoms with Gasteiger partial charge in [-0.2, -0.15) is 0 Å². The van der Waals surface area contributed by atoms with Crippen LogP contribution in [0.4, 0.5) is 0 Å². The van der Waals surface area contributed by atoms with Crippen LogP contribution >= 0.6 is 0 Å². The summed E-state index contributed by atoms with van der Waals surface area (Å²) >= 11 is 0. The second kappa shape index (κ2) is 9.46. The molecular formula is C14H26O3. The molecule has 0 spiro atoms. The summed E-state index contributed by atoms with van der Waals surface area (Å²) < 4.78 is 10.6. The first-order chi connectivity index (χ1) is 8.33. The van der Waals surface area contributed by atoms with Crippen LogP contribution in [0.5, 0.6) is 0 Å². The lowest BCUT2D eigenvalue weighted by Gasteiger charge is -2.09. The van der Waals surface area contributed by atoms with E-state index in [0.717, 1.165) is 32.3 Å². The normalized spacial score (nSPS) is 19.5. The average molecular weight is 242 g/mol. The van der Waals surface area contributed by atoms with E-state index in [4.69, 9.17) is 9.47 Å². The molecule has 1 aliphatic rings. The van der Waals surface area contributed by atoms with Crippen LogP contribution in [0, 0.1) is 0 Å². The van der Waals surface area contributed by atoms with E-state index >= 15 is 0 Å².